The second-order valence-corrected chi connectivity index (χ2v) is 8.36. The van der Waals surface area contributed by atoms with Crippen molar-refractivity contribution >= 4 is 0 Å². The number of rotatable bonds is 3. The third-order valence-corrected chi connectivity index (χ3v) is 6.56. The van der Waals surface area contributed by atoms with Crippen LogP contribution in [0.25, 0.3) is 11.3 Å². The summed E-state index contributed by atoms with van der Waals surface area (Å²) in [6.07, 6.45) is 10.4. The number of hydrogen-bond acceptors (Lipinski definition) is 0. The fourth-order valence-corrected chi connectivity index (χ4v) is 6.24. The predicted octanol–water partition coefficient (Wildman–Crippen LogP) is 5.44. The first-order valence-electron chi connectivity index (χ1n) is 9.01. The van der Waals surface area contributed by atoms with Crippen molar-refractivity contribution in [2.45, 2.75) is 44.9 Å². The number of aromatic amines is 1. The van der Waals surface area contributed by atoms with Crippen molar-refractivity contribution in [2.75, 3.05) is 0 Å². The molecular formula is C21H25N. The average molecular weight is 291 g/mol. The van der Waals surface area contributed by atoms with Gasteiger partial charge in [0.1, 0.15) is 0 Å². The number of nitrogens with one attached hydrogen (secondary N) is 1. The van der Waals surface area contributed by atoms with E-state index in [2.05, 4.69) is 47.4 Å². The molecule has 0 spiro atoms. The SMILES string of the molecule is c1ccc(-c2ccc(CC34CC5CC(CC(C5)C3)C4)[nH]2)cc1. The first kappa shape index (κ1) is 13.0. The van der Waals surface area contributed by atoms with Gasteiger partial charge in [-0.1, -0.05) is 30.3 Å². The summed E-state index contributed by atoms with van der Waals surface area (Å²) < 4.78 is 0. The lowest BCUT2D eigenvalue weighted by atomic mass is 9.48. The molecule has 22 heavy (non-hydrogen) atoms. The van der Waals surface area contributed by atoms with Gasteiger partial charge in [-0.3, -0.25) is 0 Å². The van der Waals surface area contributed by atoms with Crippen LogP contribution in [0.3, 0.4) is 0 Å². The van der Waals surface area contributed by atoms with Gasteiger partial charge in [-0.2, -0.15) is 0 Å². The van der Waals surface area contributed by atoms with Crippen molar-refractivity contribution < 1.29 is 0 Å². The Morgan fingerprint density at radius 3 is 2.09 bits per heavy atom. The van der Waals surface area contributed by atoms with Gasteiger partial charge in [0.25, 0.3) is 0 Å². The zero-order chi connectivity index (χ0) is 14.6. The van der Waals surface area contributed by atoms with Crippen LogP contribution < -0.4 is 0 Å². The predicted molar refractivity (Wildman–Crippen MR) is 90.5 cm³/mol. The number of hydrogen-bond donors (Lipinski definition) is 1. The van der Waals surface area contributed by atoms with Crippen LogP contribution in [-0.2, 0) is 6.42 Å². The molecule has 1 nitrogen and oxygen atoms in total. The number of H-pyrrole nitrogens is 1. The third-order valence-electron chi connectivity index (χ3n) is 6.56. The molecule has 0 saturated heterocycles. The Hall–Kier alpha value is -1.50. The fourth-order valence-electron chi connectivity index (χ4n) is 6.24. The minimum atomic E-state index is 0.633. The topological polar surface area (TPSA) is 15.8 Å². The Labute approximate surface area is 133 Å². The quantitative estimate of drug-likeness (QED) is 0.775. The summed E-state index contributed by atoms with van der Waals surface area (Å²) in [6, 6.07) is 15.3. The Balaban J connectivity index is 1.39. The van der Waals surface area contributed by atoms with Crippen molar-refractivity contribution in [1.29, 1.82) is 0 Å². The van der Waals surface area contributed by atoms with Gasteiger partial charge in [0, 0.05) is 11.4 Å². The molecule has 114 valence electrons. The lowest BCUT2D eigenvalue weighted by Crippen LogP contribution is -2.47. The molecule has 4 saturated carbocycles. The van der Waals surface area contributed by atoms with E-state index in [1.54, 1.807) is 0 Å². The number of benzene rings is 1. The van der Waals surface area contributed by atoms with Crippen molar-refractivity contribution in [2.24, 2.45) is 23.2 Å². The maximum absolute atomic E-state index is 3.70. The molecule has 0 unspecified atom stereocenters. The molecule has 4 aliphatic carbocycles. The van der Waals surface area contributed by atoms with Crippen molar-refractivity contribution in [1.82, 2.24) is 4.98 Å². The first-order valence-corrected chi connectivity index (χ1v) is 9.01. The van der Waals surface area contributed by atoms with Crippen LogP contribution in [0, 0.1) is 23.2 Å². The summed E-state index contributed by atoms with van der Waals surface area (Å²) >= 11 is 0. The average Bonchev–Trinajstić information content (AvgIpc) is 2.94. The Morgan fingerprint density at radius 1 is 0.818 bits per heavy atom. The van der Waals surface area contributed by atoms with E-state index in [0.29, 0.717) is 5.41 Å². The summed E-state index contributed by atoms with van der Waals surface area (Å²) in [6.45, 7) is 0. The van der Waals surface area contributed by atoms with E-state index >= 15 is 0 Å². The standard InChI is InChI=1S/C21H25N/c1-2-4-18(5-3-1)20-7-6-19(22-20)14-21-11-15-8-16(12-21)10-17(9-15)13-21/h1-7,15-17,22H,8-14H2. The van der Waals surface area contributed by atoms with Gasteiger partial charge >= 0.3 is 0 Å². The van der Waals surface area contributed by atoms with E-state index < -0.39 is 0 Å². The van der Waals surface area contributed by atoms with E-state index in [1.807, 2.05) is 0 Å². The molecule has 0 aliphatic heterocycles. The smallest absolute Gasteiger partial charge is 0.0456 e. The van der Waals surface area contributed by atoms with Gasteiger partial charge in [-0.25, -0.2) is 0 Å². The van der Waals surface area contributed by atoms with E-state index in [9.17, 15) is 0 Å². The van der Waals surface area contributed by atoms with E-state index in [0.717, 1.165) is 17.8 Å². The van der Waals surface area contributed by atoms with E-state index in [4.69, 9.17) is 0 Å². The minimum absolute atomic E-state index is 0.633. The molecule has 4 aliphatic rings. The normalized spacial score (nSPS) is 35.9. The fraction of sp³-hybridized carbons (Fsp3) is 0.524. The molecule has 1 heterocycles. The summed E-state index contributed by atoms with van der Waals surface area (Å²) in [5.41, 5.74) is 4.67. The highest BCUT2D eigenvalue weighted by molar-refractivity contribution is 5.59. The lowest BCUT2D eigenvalue weighted by Gasteiger charge is -2.57. The van der Waals surface area contributed by atoms with Crippen LogP contribution in [0.5, 0.6) is 0 Å². The highest BCUT2D eigenvalue weighted by Crippen LogP contribution is 2.61. The highest BCUT2D eigenvalue weighted by Gasteiger charge is 2.50. The molecule has 4 bridgehead atoms. The summed E-state index contributed by atoms with van der Waals surface area (Å²) in [4.78, 5) is 3.70. The van der Waals surface area contributed by atoms with Crippen molar-refractivity contribution in [3.05, 3.63) is 48.2 Å². The minimum Gasteiger partial charge on any atom is -0.358 e. The van der Waals surface area contributed by atoms with Gasteiger partial charge in [-0.15, -0.1) is 0 Å². The van der Waals surface area contributed by atoms with Crippen LogP contribution in [0.15, 0.2) is 42.5 Å². The molecule has 0 atom stereocenters. The van der Waals surface area contributed by atoms with E-state index in [1.165, 1.54) is 61.9 Å². The van der Waals surface area contributed by atoms with Crippen LogP contribution in [0.1, 0.15) is 44.2 Å². The summed E-state index contributed by atoms with van der Waals surface area (Å²) in [5, 5.41) is 0. The first-order chi connectivity index (χ1) is 10.8. The Bertz CT molecular complexity index is 631. The molecule has 1 aromatic heterocycles. The van der Waals surface area contributed by atoms with E-state index in [-0.39, 0.29) is 0 Å². The second kappa shape index (κ2) is 4.75. The molecule has 1 aromatic carbocycles. The maximum Gasteiger partial charge on any atom is 0.0456 e. The summed E-state index contributed by atoms with van der Waals surface area (Å²) in [7, 11) is 0. The van der Waals surface area contributed by atoms with Crippen molar-refractivity contribution in [3.8, 4) is 11.3 Å². The van der Waals surface area contributed by atoms with Gasteiger partial charge < -0.3 is 4.98 Å². The van der Waals surface area contributed by atoms with Gasteiger partial charge in [0.2, 0.25) is 0 Å². The van der Waals surface area contributed by atoms with Crippen LogP contribution in [-0.4, -0.2) is 4.98 Å². The zero-order valence-corrected chi connectivity index (χ0v) is 13.2. The molecule has 2 aromatic rings. The molecular weight excluding hydrogens is 266 g/mol. The molecule has 6 rings (SSSR count). The van der Waals surface area contributed by atoms with Crippen molar-refractivity contribution in [3.63, 3.8) is 0 Å². The highest BCUT2D eigenvalue weighted by atomic mass is 14.7. The zero-order valence-electron chi connectivity index (χ0n) is 13.2. The lowest BCUT2D eigenvalue weighted by molar-refractivity contribution is -0.0525. The van der Waals surface area contributed by atoms with Crippen LogP contribution in [0.4, 0.5) is 0 Å². The Morgan fingerprint density at radius 2 is 1.45 bits per heavy atom. The molecule has 0 radical (unpaired) electrons. The maximum atomic E-state index is 3.70. The van der Waals surface area contributed by atoms with Crippen LogP contribution in [0.2, 0.25) is 0 Å². The second-order valence-electron chi connectivity index (χ2n) is 8.36. The number of aromatic nitrogens is 1. The molecule has 0 amide bonds. The van der Waals surface area contributed by atoms with Gasteiger partial charge in [-0.05, 0) is 85.8 Å². The van der Waals surface area contributed by atoms with Crippen LogP contribution >= 0.6 is 0 Å². The third kappa shape index (κ3) is 2.14. The monoisotopic (exact) mass is 291 g/mol. The Kier molecular flexibility index (Phi) is 2.80. The largest absolute Gasteiger partial charge is 0.358 e. The van der Waals surface area contributed by atoms with Gasteiger partial charge in [0.15, 0.2) is 0 Å². The molecule has 1 heteroatoms. The molecule has 4 fully saturated rings. The van der Waals surface area contributed by atoms with Gasteiger partial charge in [0.05, 0.1) is 0 Å². The molecule has 1 N–H and O–H groups in total. The summed E-state index contributed by atoms with van der Waals surface area (Å²) in [5.74, 6) is 3.15.